The second kappa shape index (κ2) is 8.98. The molecule has 6 nitrogen and oxygen atoms in total. The van der Waals surface area contributed by atoms with Gasteiger partial charge >= 0.3 is 12.1 Å². The molecule has 0 radical (unpaired) electrons. The number of carboxylic acids is 1. The quantitative estimate of drug-likeness (QED) is 0.750. The molecule has 2 aliphatic heterocycles. The van der Waals surface area contributed by atoms with Crippen molar-refractivity contribution in [3.63, 3.8) is 0 Å². The van der Waals surface area contributed by atoms with Crippen LogP contribution in [0.1, 0.15) is 44.9 Å². The van der Waals surface area contributed by atoms with Crippen LogP contribution in [0.4, 0.5) is 13.2 Å². The summed E-state index contributed by atoms with van der Waals surface area (Å²) in [4.78, 5) is 24.0. The van der Waals surface area contributed by atoms with E-state index in [2.05, 4.69) is 10.2 Å². The number of nitrogens with zero attached hydrogens (tertiary/aromatic N) is 1. The monoisotopic (exact) mass is 406 g/mol. The first-order chi connectivity index (χ1) is 13.2. The fourth-order valence-electron chi connectivity index (χ4n) is 4.25. The molecule has 2 saturated heterocycles. The predicted octanol–water partition coefficient (Wildman–Crippen LogP) is 2.43. The van der Waals surface area contributed by atoms with E-state index in [1.54, 1.807) is 0 Å². The molecule has 0 unspecified atom stereocenters. The van der Waals surface area contributed by atoms with Crippen LogP contribution in [0.15, 0.2) is 0 Å². The number of piperidine rings is 1. The standard InChI is InChI=1S/C17H28N2O2.C2HF3O2/c20-17(18-13-4-5-13)14-7-9-21-16-6-8-19(11-15(14)16)10-12-2-1-3-12;3-2(4,5)1(6)7/h12-16H,1-11H2,(H,18,20);(H,6,7)/t14-,15-,16-;/m1./s1. The minimum absolute atomic E-state index is 0.188. The van der Waals surface area contributed by atoms with E-state index >= 15 is 0 Å². The number of alkyl halides is 3. The van der Waals surface area contributed by atoms with Crippen LogP contribution >= 0.6 is 0 Å². The fourth-order valence-corrected chi connectivity index (χ4v) is 4.25. The largest absolute Gasteiger partial charge is 0.490 e. The molecular weight excluding hydrogens is 377 g/mol. The van der Waals surface area contributed by atoms with Gasteiger partial charge in [0, 0.05) is 44.1 Å². The lowest BCUT2D eigenvalue weighted by molar-refractivity contribution is -0.192. The van der Waals surface area contributed by atoms with Crippen LogP contribution in [-0.2, 0) is 14.3 Å². The number of carboxylic acid groups (broad SMARTS) is 1. The van der Waals surface area contributed by atoms with Gasteiger partial charge in [-0.2, -0.15) is 13.2 Å². The average molecular weight is 406 g/mol. The van der Waals surface area contributed by atoms with Gasteiger partial charge in [0.05, 0.1) is 6.10 Å². The van der Waals surface area contributed by atoms with E-state index in [-0.39, 0.29) is 5.92 Å². The molecule has 4 aliphatic rings. The third-order valence-electron chi connectivity index (χ3n) is 6.20. The van der Waals surface area contributed by atoms with Crippen molar-refractivity contribution in [2.45, 2.75) is 63.3 Å². The number of likely N-dealkylation sites (tertiary alicyclic amines) is 1. The Bertz CT molecular complexity index is 564. The maximum absolute atomic E-state index is 12.5. The van der Waals surface area contributed by atoms with E-state index in [9.17, 15) is 18.0 Å². The van der Waals surface area contributed by atoms with Crippen molar-refractivity contribution in [3.05, 3.63) is 0 Å². The van der Waals surface area contributed by atoms with Gasteiger partial charge in [-0.05, 0) is 44.4 Å². The number of aliphatic carboxylic acids is 1. The van der Waals surface area contributed by atoms with Gasteiger partial charge in [-0.25, -0.2) is 4.79 Å². The van der Waals surface area contributed by atoms with Crippen LogP contribution in [-0.4, -0.2) is 66.4 Å². The van der Waals surface area contributed by atoms with Gasteiger partial charge in [0.2, 0.25) is 5.91 Å². The molecule has 2 aliphatic carbocycles. The molecule has 2 N–H and O–H groups in total. The van der Waals surface area contributed by atoms with Crippen LogP contribution in [0.2, 0.25) is 0 Å². The maximum atomic E-state index is 12.5. The summed E-state index contributed by atoms with van der Waals surface area (Å²) in [7, 11) is 0. The van der Waals surface area contributed by atoms with E-state index in [0.29, 0.717) is 24.0 Å². The molecule has 4 fully saturated rings. The van der Waals surface area contributed by atoms with Crippen molar-refractivity contribution in [3.8, 4) is 0 Å². The molecule has 28 heavy (non-hydrogen) atoms. The Labute approximate surface area is 162 Å². The third kappa shape index (κ3) is 5.83. The number of fused-ring (bicyclic) bond motifs is 1. The molecule has 3 atom stereocenters. The first-order valence-electron chi connectivity index (χ1n) is 10.2. The zero-order valence-electron chi connectivity index (χ0n) is 15.9. The third-order valence-corrected chi connectivity index (χ3v) is 6.20. The lowest BCUT2D eigenvalue weighted by Gasteiger charge is -2.46. The summed E-state index contributed by atoms with van der Waals surface area (Å²) >= 11 is 0. The number of hydrogen-bond donors (Lipinski definition) is 2. The average Bonchev–Trinajstić information content (AvgIpc) is 3.41. The van der Waals surface area contributed by atoms with Crippen molar-refractivity contribution in [2.24, 2.45) is 17.8 Å². The highest BCUT2D eigenvalue weighted by atomic mass is 19.4. The number of rotatable bonds is 4. The maximum Gasteiger partial charge on any atom is 0.490 e. The smallest absolute Gasteiger partial charge is 0.475 e. The zero-order valence-corrected chi connectivity index (χ0v) is 15.9. The number of hydrogen-bond acceptors (Lipinski definition) is 4. The molecule has 1 amide bonds. The highest BCUT2D eigenvalue weighted by Crippen LogP contribution is 2.36. The Morgan fingerprint density at radius 3 is 2.32 bits per heavy atom. The summed E-state index contributed by atoms with van der Waals surface area (Å²) in [5.74, 6) is -0.918. The lowest BCUT2D eigenvalue weighted by Crippen LogP contribution is -2.54. The highest BCUT2D eigenvalue weighted by molar-refractivity contribution is 5.79. The Morgan fingerprint density at radius 1 is 1.11 bits per heavy atom. The lowest BCUT2D eigenvalue weighted by atomic mass is 9.78. The second-order valence-electron chi connectivity index (χ2n) is 8.40. The topological polar surface area (TPSA) is 78.9 Å². The molecule has 0 aromatic rings. The molecule has 0 aromatic heterocycles. The van der Waals surface area contributed by atoms with Crippen molar-refractivity contribution in [2.75, 3.05) is 26.2 Å². The zero-order chi connectivity index (χ0) is 20.3. The van der Waals surface area contributed by atoms with Crippen molar-refractivity contribution in [1.29, 1.82) is 0 Å². The van der Waals surface area contributed by atoms with E-state index in [4.69, 9.17) is 14.6 Å². The molecule has 2 saturated carbocycles. The van der Waals surface area contributed by atoms with Crippen LogP contribution in [0.5, 0.6) is 0 Å². The Balaban J connectivity index is 0.000000279. The second-order valence-corrected chi connectivity index (χ2v) is 8.40. The van der Waals surface area contributed by atoms with Crippen molar-refractivity contribution in [1.82, 2.24) is 10.2 Å². The van der Waals surface area contributed by atoms with Gasteiger partial charge in [0.15, 0.2) is 0 Å². The van der Waals surface area contributed by atoms with E-state index in [1.807, 2.05) is 0 Å². The summed E-state index contributed by atoms with van der Waals surface area (Å²) < 4.78 is 37.7. The summed E-state index contributed by atoms with van der Waals surface area (Å²) in [5.41, 5.74) is 0. The summed E-state index contributed by atoms with van der Waals surface area (Å²) in [6.07, 6.45) is 3.86. The molecule has 9 heteroatoms. The Hall–Kier alpha value is -1.35. The minimum atomic E-state index is -5.08. The van der Waals surface area contributed by atoms with Crippen LogP contribution in [0, 0.1) is 17.8 Å². The summed E-state index contributed by atoms with van der Waals surface area (Å²) in [6, 6.07) is 0.480. The van der Waals surface area contributed by atoms with E-state index in [0.717, 1.165) is 38.5 Å². The van der Waals surface area contributed by atoms with Gasteiger partial charge in [0.1, 0.15) is 0 Å². The Morgan fingerprint density at radius 2 is 1.79 bits per heavy atom. The number of amides is 1. The van der Waals surface area contributed by atoms with Gasteiger partial charge < -0.3 is 20.1 Å². The van der Waals surface area contributed by atoms with E-state index in [1.165, 1.54) is 38.6 Å². The molecule has 2 heterocycles. The van der Waals surface area contributed by atoms with Crippen molar-refractivity contribution >= 4 is 11.9 Å². The summed E-state index contributed by atoms with van der Waals surface area (Å²) in [5, 5.41) is 10.3. The number of ether oxygens (including phenoxy) is 1. The van der Waals surface area contributed by atoms with Crippen LogP contribution < -0.4 is 5.32 Å². The van der Waals surface area contributed by atoms with E-state index < -0.39 is 12.1 Å². The number of carbonyl (C=O) groups excluding carboxylic acids is 1. The number of carbonyl (C=O) groups is 2. The minimum Gasteiger partial charge on any atom is -0.475 e. The van der Waals surface area contributed by atoms with Gasteiger partial charge in [0.25, 0.3) is 0 Å². The normalized spacial score (nSPS) is 31.0. The van der Waals surface area contributed by atoms with Crippen LogP contribution in [0.3, 0.4) is 0 Å². The molecular formula is C19H29F3N2O4. The highest BCUT2D eigenvalue weighted by Gasteiger charge is 2.43. The fraction of sp³-hybridized carbons (Fsp3) is 0.895. The van der Waals surface area contributed by atoms with Crippen molar-refractivity contribution < 1.29 is 32.6 Å². The first kappa shape index (κ1) is 21.4. The summed E-state index contributed by atoms with van der Waals surface area (Å²) in [6.45, 7) is 4.26. The molecule has 0 aromatic carbocycles. The number of nitrogens with one attached hydrogen (secondary N) is 1. The SMILES string of the molecule is O=C(NC1CC1)[C@@H]1CCO[C@@H]2CCN(CC3CCC3)C[C@@H]21.O=C(O)C(F)(F)F. The molecule has 0 bridgehead atoms. The molecule has 4 rings (SSSR count). The molecule has 160 valence electrons. The van der Waals surface area contributed by atoms with Gasteiger partial charge in [-0.3, -0.25) is 4.79 Å². The predicted molar refractivity (Wildman–Crippen MR) is 94.6 cm³/mol. The Kier molecular flexibility index (Phi) is 6.85. The van der Waals surface area contributed by atoms with Crippen LogP contribution in [0.25, 0.3) is 0 Å². The number of halogens is 3. The van der Waals surface area contributed by atoms with Gasteiger partial charge in [-0.15, -0.1) is 0 Å². The molecule has 0 spiro atoms. The first-order valence-corrected chi connectivity index (χ1v) is 10.2. The van der Waals surface area contributed by atoms with Gasteiger partial charge in [-0.1, -0.05) is 6.42 Å².